The van der Waals surface area contributed by atoms with Crippen LogP contribution in [0.4, 0.5) is 0 Å². The highest BCUT2D eigenvalue weighted by atomic mass is 79.9. The largest absolute Gasteiger partial charge is 0.491 e. The molecule has 1 fully saturated rings. The van der Waals surface area contributed by atoms with Crippen molar-refractivity contribution in [2.75, 3.05) is 13.7 Å². The van der Waals surface area contributed by atoms with Crippen molar-refractivity contribution in [2.24, 2.45) is 5.92 Å². The van der Waals surface area contributed by atoms with Gasteiger partial charge in [-0.1, -0.05) is 46.3 Å². The fourth-order valence-corrected chi connectivity index (χ4v) is 3.18. The molecule has 1 aliphatic heterocycles. The number of benzene rings is 2. The summed E-state index contributed by atoms with van der Waals surface area (Å²) in [5, 5.41) is 0. The zero-order valence-electron chi connectivity index (χ0n) is 13.4. The van der Waals surface area contributed by atoms with Gasteiger partial charge in [-0.3, -0.25) is 4.79 Å². The molecule has 24 heavy (non-hydrogen) atoms. The molecule has 0 saturated carbocycles. The van der Waals surface area contributed by atoms with E-state index in [2.05, 4.69) is 15.9 Å². The van der Waals surface area contributed by atoms with Crippen molar-refractivity contribution in [3.63, 3.8) is 0 Å². The minimum atomic E-state index is -0.319. The van der Waals surface area contributed by atoms with E-state index in [1.807, 2.05) is 54.6 Å². The Morgan fingerprint density at radius 3 is 2.54 bits per heavy atom. The summed E-state index contributed by atoms with van der Waals surface area (Å²) in [5.41, 5.74) is 0.968. The lowest BCUT2D eigenvalue weighted by Crippen LogP contribution is -2.20. The molecule has 1 saturated heterocycles. The lowest BCUT2D eigenvalue weighted by Gasteiger charge is -2.17. The number of rotatable bonds is 5. The maximum atomic E-state index is 12.1. The Kier molecular flexibility index (Phi) is 5.53. The Morgan fingerprint density at radius 1 is 1.17 bits per heavy atom. The van der Waals surface area contributed by atoms with Crippen LogP contribution in [0.15, 0.2) is 59.1 Å². The maximum absolute atomic E-state index is 12.1. The Bertz CT molecular complexity index is 672. The van der Waals surface area contributed by atoms with Crippen LogP contribution < -0.4 is 4.74 Å². The van der Waals surface area contributed by atoms with E-state index in [1.54, 1.807) is 0 Å². The first-order valence-electron chi connectivity index (χ1n) is 7.84. The van der Waals surface area contributed by atoms with Gasteiger partial charge in [-0.25, -0.2) is 0 Å². The Labute approximate surface area is 149 Å². The standard InChI is InChI=1S/C19H19BrO4/c1-22-19(21)17-11-16(12-23-15-5-3-2-4-6-15)24-18(17)13-7-9-14(20)10-8-13/h2-10,16-18H,11-12H2,1H3/t16-,17-,18-/m0/s1. The van der Waals surface area contributed by atoms with Gasteiger partial charge < -0.3 is 14.2 Å². The van der Waals surface area contributed by atoms with Crippen molar-refractivity contribution in [2.45, 2.75) is 18.6 Å². The SMILES string of the molecule is COC(=O)[C@H]1C[C@@H](COc2ccccc2)O[C@H]1c1ccc(Br)cc1. The fraction of sp³-hybridized carbons (Fsp3) is 0.316. The molecular formula is C19H19BrO4. The van der Waals surface area contributed by atoms with Gasteiger partial charge in [-0.2, -0.15) is 0 Å². The number of halogens is 1. The van der Waals surface area contributed by atoms with Crippen LogP contribution in [0.5, 0.6) is 5.75 Å². The molecule has 5 heteroatoms. The summed E-state index contributed by atoms with van der Waals surface area (Å²) in [6.45, 7) is 0.407. The molecule has 3 atom stereocenters. The monoisotopic (exact) mass is 390 g/mol. The van der Waals surface area contributed by atoms with E-state index < -0.39 is 0 Å². The molecule has 0 aliphatic carbocycles. The third kappa shape index (κ3) is 3.97. The smallest absolute Gasteiger partial charge is 0.311 e. The van der Waals surface area contributed by atoms with Crippen LogP contribution in [0.25, 0.3) is 0 Å². The van der Waals surface area contributed by atoms with Gasteiger partial charge in [0, 0.05) is 4.47 Å². The van der Waals surface area contributed by atoms with Crippen molar-refractivity contribution < 1.29 is 19.0 Å². The number of ether oxygens (including phenoxy) is 3. The second kappa shape index (κ2) is 7.81. The summed E-state index contributed by atoms with van der Waals surface area (Å²) in [5.74, 6) is 0.230. The topological polar surface area (TPSA) is 44.8 Å². The summed E-state index contributed by atoms with van der Waals surface area (Å²) in [7, 11) is 1.41. The predicted octanol–water partition coefficient (Wildman–Crippen LogP) is 4.15. The highest BCUT2D eigenvalue weighted by molar-refractivity contribution is 9.10. The fourth-order valence-electron chi connectivity index (χ4n) is 2.91. The maximum Gasteiger partial charge on any atom is 0.311 e. The second-order valence-corrected chi connectivity index (χ2v) is 6.64. The molecule has 2 aromatic rings. The summed E-state index contributed by atoms with van der Waals surface area (Å²) >= 11 is 3.42. The van der Waals surface area contributed by atoms with E-state index >= 15 is 0 Å². The second-order valence-electron chi connectivity index (χ2n) is 5.72. The van der Waals surface area contributed by atoms with Crippen molar-refractivity contribution in [3.8, 4) is 5.75 Å². The first-order valence-corrected chi connectivity index (χ1v) is 8.63. The lowest BCUT2D eigenvalue weighted by atomic mass is 9.94. The van der Waals surface area contributed by atoms with E-state index in [-0.39, 0.29) is 24.1 Å². The van der Waals surface area contributed by atoms with Crippen molar-refractivity contribution >= 4 is 21.9 Å². The quantitative estimate of drug-likeness (QED) is 0.719. The van der Waals surface area contributed by atoms with Crippen LogP contribution in [0.2, 0.25) is 0 Å². The Morgan fingerprint density at radius 2 is 1.88 bits per heavy atom. The molecule has 2 aromatic carbocycles. The van der Waals surface area contributed by atoms with E-state index in [4.69, 9.17) is 14.2 Å². The van der Waals surface area contributed by atoms with Gasteiger partial charge in [-0.05, 0) is 36.2 Å². The van der Waals surface area contributed by atoms with Crippen molar-refractivity contribution in [3.05, 3.63) is 64.6 Å². The van der Waals surface area contributed by atoms with E-state index in [9.17, 15) is 4.79 Å². The predicted molar refractivity (Wildman–Crippen MR) is 93.8 cm³/mol. The van der Waals surface area contributed by atoms with E-state index in [0.717, 1.165) is 15.8 Å². The number of methoxy groups -OCH3 is 1. The molecule has 1 heterocycles. The van der Waals surface area contributed by atoms with E-state index in [0.29, 0.717) is 13.0 Å². The van der Waals surface area contributed by atoms with Gasteiger partial charge in [0.2, 0.25) is 0 Å². The van der Waals surface area contributed by atoms with Gasteiger partial charge in [0.1, 0.15) is 12.4 Å². The molecule has 3 rings (SSSR count). The number of carbonyl (C=O) groups excluding carboxylic acids is 1. The molecule has 0 aromatic heterocycles. The van der Waals surface area contributed by atoms with Gasteiger partial charge in [-0.15, -0.1) is 0 Å². The molecule has 4 nitrogen and oxygen atoms in total. The Balaban J connectivity index is 1.70. The first kappa shape index (κ1) is 17.0. The lowest BCUT2D eigenvalue weighted by molar-refractivity contribution is -0.147. The van der Waals surface area contributed by atoms with Crippen LogP contribution in [-0.2, 0) is 14.3 Å². The van der Waals surface area contributed by atoms with Gasteiger partial charge in [0.15, 0.2) is 0 Å². The van der Waals surface area contributed by atoms with Gasteiger partial charge >= 0.3 is 5.97 Å². The summed E-state index contributed by atoms with van der Waals surface area (Å²) in [6.07, 6.45) is 0.123. The molecule has 1 aliphatic rings. The first-order chi connectivity index (χ1) is 11.7. The van der Waals surface area contributed by atoms with Gasteiger partial charge in [0.25, 0.3) is 0 Å². The number of carbonyl (C=O) groups is 1. The minimum Gasteiger partial charge on any atom is -0.491 e. The highest BCUT2D eigenvalue weighted by Gasteiger charge is 2.41. The Hall–Kier alpha value is -1.85. The van der Waals surface area contributed by atoms with Crippen LogP contribution in [0.3, 0.4) is 0 Å². The molecule has 0 bridgehead atoms. The molecular weight excluding hydrogens is 372 g/mol. The zero-order chi connectivity index (χ0) is 16.9. The van der Waals surface area contributed by atoms with E-state index in [1.165, 1.54) is 7.11 Å². The third-order valence-corrected chi connectivity index (χ3v) is 4.63. The third-order valence-electron chi connectivity index (χ3n) is 4.10. The number of hydrogen-bond donors (Lipinski definition) is 0. The zero-order valence-corrected chi connectivity index (χ0v) is 14.9. The van der Waals surface area contributed by atoms with Crippen molar-refractivity contribution in [1.82, 2.24) is 0 Å². The molecule has 126 valence electrons. The summed E-state index contributed by atoms with van der Waals surface area (Å²) < 4.78 is 17.8. The highest BCUT2D eigenvalue weighted by Crippen LogP contribution is 2.39. The molecule has 0 amide bonds. The molecule has 0 radical (unpaired) electrons. The number of para-hydroxylation sites is 1. The van der Waals surface area contributed by atoms with Crippen molar-refractivity contribution in [1.29, 1.82) is 0 Å². The van der Waals surface area contributed by atoms with Crippen LogP contribution in [0.1, 0.15) is 18.1 Å². The number of hydrogen-bond acceptors (Lipinski definition) is 4. The normalized spacial score (nSPS) is 23.0. The minimum absolute atomic E-state index is 0.150. The van der Waals surface area contributed by atoms with Crippen LogP contribution in [-0.4, -0.2) is 25.8 Å². The average Bonchev–Trinajstić information content (AvgIpc) is 3.05. The van der Waals surface area contributed by atoms with Crippen LogP contribution in [0, 0.1) is 5.92 Å². The van der Waals surface area contributed by atoms with Crippen LogP contribution >= 0.6 is 15.9 Å². The van der Waals surface area contributed by atoms with Gasteiger partial charge in [0.05, 0.1) is 25.2 Å². The summed E-state index contributed by atoms with van der Waals surface area (Å²) in [6, 6.07) is 17.4. The average molecular weight is 391 g/mol. The summed E-state index contributed by atoms with van der Waals surface area (Å²) in [4.78, 5) is 12.1. The number of esters is 1. The molecule has 0 N–H and O–H groups in total. The molecule has 0 unspecified atom stereocenters. The molecule has 0 spiro atoms.